The van der Waals surface area contributed by atoms with Crippen molar-refractivity contribution in [2.45, 2.75) is 13.8 Å². The normalized spacial score (nSPS) is 10.5. The number of hydrogen-bond acceptors (Lipinski definition) is 2. The molecule has 0 atom stereocenters. The van der Waals surface area contributed by atoms with Gasteiger partial charge in [0.1, 0.15) is 6.61 Å². The fourth-order valence-electron chi connectivity index (χ4n) is 0.930. The van der Waals surface area contributed by atoms with Crippen LogP contribution in [0.25, 0.3) is 0 Å². The van der Waals surface area contributed by atoms with Gasteiger partial charge in [-0.3, -0.25) is 4.79 Å². The molecular formula is C11H12F2O2. The molecule has 0 amide bonds. The number of ketones is 1. The number of hydrogen-bond donors (Lipinski definition) is 0. The minimum atomic E-state index is -0.799. The monoisotopic (exact) mass is 214 g/mol. The third-order valence-corrected chi connectivity index (χ3v) is 1.92. The van der Waals surface area contributed by atoms with Gasteiger partial charge in [-0.2, -0.15) is 0 Å². The summed E-state index contributed by atoms with van der Waals surface area (Å²) in [5.41, 5.74) is 0. The first kappa shape index (κ1) is 11.6. The number of benzene rings is 1. The summed E-state index contributed by atoms with van der Waals surface area (Å²) in [6, 6.07) is 3.40. The average Bonchev–Trinajstić information content (AvgIpc) is 2.16. The highest BCUT2D eigenvalue weighted by Crippen LogP contribution is 2.20. The quantitative estimate of drug-likeness (QED) is 0.770. The van der Waals surface area contributed by atoms with Crippen LogP contribution in [0.4, 0.5) is 8.78 Å². The van der Waals surface area contributed by atoms with E-state index in [0.717, 1.165) is 12.1 Å². The van der Waals surface area contributed by atoms with Crippen molar-refractivity contribution in [1.29, 1.82) is 0 Å². The molecule has 0 aliphatic carbocycles. The van der Waals surface area contributed by atoms with Crippen molar-refractivity contribution in [3.63, 3.8) is 0 Å². The van der Waals surface area contributed by atoms with E-state index in [2.05, 4.69) is 0 Å². The molecule has 1 rings (SSSR count). The van der Waals surface area contributed by atoms with Gasteiger partial charge in [-0.1, -0.05) is 19.9 Å². The van der Waals surface area contributed by atoms with Gasteiger partial charge in [0.25, 0.3) is 0 Å². The zero-order chi connectivity index (χ0) is 11.4. The summed E-state index contributed by atoms with van der Waals surface area (Å²) in [5, 5.41) is 0. The first-order valence-electron chi connectivity index (χ1n) is 4.62. The lowest BCUT2D eigenvalue weighted by atomic mass is 10.1. The van der Waals surface area contributed by atoms with Gasteiger partial charge in [0.05, 0.1) is 0 Å². The molecule has 4 heteroatoms. The van der Waals surface area contributed by atoms with Crippen LogP contribution < -0.4 is 4.74 Å². The Morgan fingerprint density at radius 3 is 2.33 bits per heavy atom. The molecule has 1 aromatic rings. The second-order valence-corrected chi connectivity index (χ2v) is 3.46. The number of rotatable bonds is 4. The van der Waals surface area contributed by atoms with Gasteiger partial charge in [0.2, 0.25) is 0 Å². The molecule has 0 bridgehead atoms. The van der Waals surface area contributed by atoms with Crippen LogP contribution in [-0.2, 0) is 4.79 Å². The Bertz CT molecular complexity index is 341. The Labute approximate surface area is 86.9 Å². The predicted octanol–water partition coefficient (Wildman–Crippen LogP) is 2.57. The fraction of sp³-hybridized carbons (Fsp3) is 0.364. The highest BCUT2D eigenvalue weighted by molar-refractivity contribution is 5.81. The van der Waals surface area contributed by atoms with Crippen molar-refractivity contribution in [3.05, 3.63) is 29.8 Å². The Morgan fingerprint density at radius 2 is 1.87 bits per heavy atom. The number of ether oxygens (including phenoxy) is 1. The van der Waals surface area contributed by atoms with Crippen molar-refractivity contribution in [1.82, 2.24) is 0 Å². The molecule has 0 N–H and O–H groups in total. The highest BCUT2D eigenvalue weighted by Gasteiger charge is 2.13. The minimum absolute atomic E-state index is 0.197. The first-order chi connectivity index (χ1) is 7.02. The van der Waals surface area contributed by atoms with E-state index in [1.807, 2.05) is 0 Å². The van der Waals surface area contributed by atoms with Crippen molar-refractivity contribution in [2.24, 2.45) is 5.92 Å². The van der Waals surface area contributed by atoms with Gasteiger partial charge in [-0.05, 0) is 12.1 Å². The van der Waals surface area contributed by atoms with E-state index in [4.69, 9.17) is 4.74 Å². The summed E-state index contributed by atoms with van der Waals surface area (Å²) in [6.45, 7) is 3.09. The van der Waals surface area contributed by atoms with Crippen LogP contribution in [-0.4, -0.2) is 12.4 Å². The summed E-state index contributed by atoms with van der Waals surface area (Å²) < 4.78 is 30.8. The van der Waals surface area contributed by atoms with Gasteiger partial charge in [0, 0.05) is 5.92 Å². The Morgan fingerprint density at radius 1 is 1.33 bits per heavy atom. The average molecular weight is 214 g/mol. The molecule has 0 aliphatic heterocycles. The summed E-state index contributed by atoms with van der Waals surface area (Å²) in [5.74, 6) is -2.50. The summed E-state index contributed by atoms with van der Waals surface area (Å²) in [6.07, 6.45) is 0. The smallest absolute Gasteiger partial charge is 0.191 e. The van der Waals surface area contributed by atoms with Crippen LogP contribution in [0.3, 0.4) is 0 Å². The van der Waals surface area contributed by atoms with Crippen molar-refractivity contribution >= 4 is 5.78 Å². The van der Waals surface area contributed by atoms with Crippen molar-refractivity contribution in [3.8, 4) is 5.75 Å². The molecule has 0 saturated heterocycles. The van der Waals surface area contributed by atoms with Crippen molar-refractivity contribution in [2.75, 3.05) is 6.61 Å². The maximum atomic E-state index is 13.0. The van der Waals surface area contributed by atoms with Crippen LogP contribution in [0, 0.1) is 17.6 Å². The molecule has 0 aliphatic rings. The van der Waals surface area contributed by atoms with E-state index >= 15 is 0 Å². The zero-order valence-corrected chi connectivity index (χ0v) is 8.59. The van der Waals surface area contributed by atoms with E-state index in [-0.39, 0.29) is 18.3 Å². The van der Waals surface area contributed by atoms with E-state index in [9.17, 15) is 13.6 Å². The Kier molecular flexibility index (Phi) is 3.77. The second kappa shape index (κ2) is 4.87. The largest absolute Gasteiger partial charge is 0.480 e. The van der Waals surface area contributed by atoms with E-state index in [1.54, 1.807) is 13.8 Å². The summed E-state index contributed by atoms with van der Waals surface area (Å²) in [4.78, 5) is 11.2. The highest BCUT2D eigenvalue weighted by atomic mass is 19.1. The minimum Gasteiger partial charge on any atom is -0.480 e. The molecule has 0 radical (unpaired) electrons. The standard InChI is InChI=1S/C11H12F2O2/c1-7(2)10(14)6-15-11-8(12)4-3-5-9(11)13/h3-5,7H,6H2,1-2H3. The van der Waals surface area contributed by atoms with Gasteiger partial charge in [0.15, 0.2) is 23.2 Å². The van der Waals surface area contributed by atoms with Crippen LogP contribution >= 0.6 is 0 Å². The van der Waals surface area contributed by atoms with Crippen molar-refractivity contribution < 1.29 is 18.3 Å². The molecular weight excluding hydrogens is 202 g/mol. The molecule has 0 fully saturated rings. The first-order valence-corrected chi connectivity index (χ1v) is 4.62. The van der Waals surface area contributed by atoms with Gasteiger partial charge < -0.3 is 4.74 Å². The zero-order valence-electron chi connectivity index (χ0n) is 8.59. The molecule has 82 valence electrons. The molecule has 0 heterocycles. The molecule has 0 spiro atoms. The van der Waals surface area contributed by atoms with E-state index < -0.39 is 17.4 Å². The van der Waals surface area contributed by atoms with Crippen LogP contribution in [0.1, 0.15) is 13.8 Å². The second-order valence-electron chi connectivity index (χ2n) is 3.46. The molecule has 0 saturated carbocycles. The maximum absolute atomic E-state index is 13.0. The van der Waals surface area contributed by atoms with E-state index in [1.165, 1.54) is 6.07 Å². The van der Waals surface area contributed by atoms with Crippen LogP contribution in [0.15, 0.2) is 18.2 Å². The summed E-state index contributed by atoms with van der Waals surface area (Å²) in [7, 11) is 0. The number of carbonyl (C=O) groups excluding carboxylic acids is 1. The van der Waals surface area contributed by atoms with E-state index in [0.29, 0.717) is 0 Å². The summed E-state index contributed by atoms with van der Waals surface area (Å²) >= 11 is 0. The number of para-hydroxylation sites is 1. The topological polar surface area (TPSA) is 26.3 Å². The lowest BCUT2D eigenvalue weighted by Gasteiger charge is -2.08. The third-order valence-electron chi connectivity index (χ3n) is 1.92. The molecule has 2 nitrogen and oxygen atoms in total. The Balaban J connectivity index is 2.69. The third kappa shape index (κ3) is 3.01. The maximum Gasteiger partial charge on any atom is 0.191 e. The van der Waals surface area contributed by atoms with Gasteiger partial charge in [-0.15, -0.1) is 0 Å². The molecule has 0 aromatic heterocycles. The number of halogens is 2. The molecule has 0 unspecified atom stereocenters. The molecule has 1 aromatic carbocycles. The fourth-order valence-corrected chi connectivity index (χ4v) is 0.930. The SMILES string of the molecule is CC(C)C(=O)COc1c(F)cccc1F. The lowest BCUT2D eigenvalue weighted by molar-refractivity contribution is -0.123. The lowest BCUT2D eigenvalue weighted by Crippen LogP contribution is -2.17. The van der Waals surface area contributed by atoms with Gasteiger partial charge >= 0.3 is 0 Å². The van der Waals surface area contributed by atoms with Crippen LogP contribution in [0.2, 0.25) is 0 Å². The molecule has 15 heavy (non-hydrogen) atoms. The Hall–Kier alpha value is -1.45. The van der Waals surface area contributed by atoms with Gasteiger partial charge in [-0.25, -0.2) is 8.78 Å². The predicted molar refractivity (Wildman–Crippen MR) is 51.7 cm³/mol. The van der Waals surface area contributed by atoms with Crippen LogP contribution in [0.5, 0.6) is 5.75 Å². The number of carbonyl (C=O) groups is 1. The number of Topliss-reactive ketones (excluding diaryl/α,β-unsaturated/α-hetero) is 1.